The molecule has 1 heterocycles. The standard InChI is InChI=1S/C18H20N2O3/c1-20-8-9-23-17-7-6-14(12-16(17)20)19-18(21)11-13-4-3-5-15(10-13)22-2/h3-7,10,12H,8-9,11H2,1-2H3,(H,19,21). The molecule has 0 fully saturated rings. The van der Waals surface area contributed by atoms with Crippen LogP contribution >= 0.6 is 0 Å². The Kier molecular flexibility index (Phi) is 4.37. The topological polar surface area (TPSA) is 50.8 Å². The van der Waals surface area contributed by atoms with Crippen LogP contribution in [0.1, 0.15) is 5.56 Å². The highest BCUT2D eigenvalue weighted by molar-refractivity contribution is 5.93. The molecular formula is C18H20N2O3. The van der Waals surface area contributed by atoms with E-state index in [1.165, 1.54) is 0 Å². The van der Waals surface area contributed by atoms with Crippen molar-refractivity contribution in [2.45, 2.75) is 6.42 Å². The molecule has 0 aliphatic carbocycles. The first kappa shape index (κ1) is 15.2. The Morgan fingerprint density at radius 2 is 2.17 bits per heavy atom. The van der Waals surface area contributed by atoms with Gasteiger partial charge in [0.1, 0.15) is 18.1 Å². The summed E-state index contributed by atoms with van der Waals surface area (Å²) in [5, 5.41) is 2.94. The fourth-order valence-corrected chi connectivity index (χ4v) is 2.60. The quantitative estimate of drug-likeness (QED) is 0.943. The molecule has 5 nitrogen and oxygen atoms in total. The van der Waals surface area contributed by atoms with Crippen LogP contribution in [0.5, 0.6) is 11.5 Å². The normalized spacial score (nSPS) is 13.0. The third-order valence-corrected chi connectivity index (χ3v) is 3.84. The van der Waals surface area contributed by atoms with E-state index in [-0.39, 0.29) is 5.91 Å². The van der Waals surface area contributed by atoms with Crippen molar-refractivity contribution < 1.29 is 14.3 Å². The number of methoxy groups -OCH3 is 1. The number of rotatable bonds is 4. The van der Waals surface area contributed by atoms with Crippen LogP contribution in [0, 0.1) is 0 Å². The first-order valence-corrected chi connectivity index (χ1v) is 7.56. The van der Waals surface area contributed by atoms with Gasteiger partial charge in [-0.25, -0.2) is 0 Å². The van der Waals surface area contributed by atoms with Gasteiger partial charge in [0.2, 0.25) is 5.91 Å². The van der Waals surface area contributed by atoms with E-state index in [1.807, 2.05) is 49.5 Å². The van der Waals surface area contributed by atoms with Crippen LogP contribution in [0.3, 0.4) is 0 Å². The number of hydrogen-bond donors (Lipinski definition) is 1. The molecule has 5 heteroatoms. The van der Waals surface area contributed by atoms with Crippen LogP contribution in [-0.2, 0) is 11.2 Å². The van der Waals surface area contributed by atoms with Gasteiger partial charge in [0.25, 0.3) is 0 Å². The summed E-state index contributed by atoms with van der Waals surface area (Å²) in [7, 11) is 3.63. The number of benzene rings is 2. The Morgan fingerprint density at radius 1 is 1.30 bits per heavy atom. The van der Waals surface area contributed by atoms with Gasteiger partial charge in [0.15, 0.2) is 0 Å². The number of carbonyl (C=O) groups is 1. The second-order valence-electron chi connectivity index (χ2n) is 5.53. The molecular weight excluding hydrogens is 292 g/mol. The fraction of sp³-hybridized carbons (Fsp3) is 0.278. The monoisotopic (exact) mass is 312 g/mol. The number of carbonyl (C=O) groups excluding carboxylic acids is 1. The van der Waals surface area contributed by atoms with E-state index in [0.717, 1.165) is 35.0 Å². The van der Waals surface area contributed by atoms with Crippen molar-refractivity contribution in [2.24, 2.45) is 0 Å². The van der Waals surface area contributed by atoms with E-state index in [1.54, 1.807) is 7.11 Å². The predicted molar refractivity (Wildman–Crippen MR) is 90.5 cm³/mol. The van der Waals surface area contributed by atoms with Gasteiger partial charge in [-0.15, -0.1) is 0 Å². The Hall–Kier alpha value is -2.69. The van der Waals surface area contributed by atoms with Gasteiger partial charge in [-0.05, 0) is 35.9 Å². The van der Waals surface area contributed by atoms with Crippen molar-refractivity contribution in [3.05, 3.63) is 48.0 Å². The molecule has 23 heavy (non-hydrogen) atoms. The highest BCUT2D eigenvalue weighted by Gasteiger charge is 2.15. The van der Waals surface area contributed by atoms with Crippen LogP contribution < -0.4 is 19.7 Å². The molecule has 2 aromatic carbocycles. The average Bonchev–Trinajstić information content (AvgIpc) is 2.56. The third kappa shape index (κ3) is 3.56. The van der Waals surface area contributed by atoms with Crippen LogP contribution in [0.25, 0.3) is 0 Å². The molecule has 0 atom stereocenters. The number of hydrogen-bond acceptors (Lipinski definition) is 4. The Morgan fingerprint density at radius 3 is 3.00 bits per heavy atom. The van der Waals surface area contributed by atoms with Crippen molar-refractivity contribution in [3.8, 4) is 11.5 Å². The molecule has 1 aliphatic heterocycles. The van der Waals surface area contributed by atoms with Crippen LogP contribution in [0.2, 0.25) is 0 Å². The van der Waals surface area contributed by atoms with Crippen molar-refractivity contribution in [3.63, 3.8) is 0 Å². The SMILES string of the molecule is COc1cccc(CC(=O)Nc2ccc3c(c2)N(C)CCO3)c1. The van der Waals surface area contributed by atoms with Crippen molar-refractivity contribution in [2.75, 3.05) is 37.5 Å². The zero-order chi connectivity index (χ0) is 16.2. The number of anilines is 2. The number of ether oxygens (including phenoxy) is 2. The lowest BCUT2D eigenvalue weighted by molar-refractivity contribution is -0.115. The summed E-state index contributed by atoms with van der Waals surface area (Å²) in [6, 6.07) is 13.2. The smallest absolute Gasteiger partial charge is 0.228 e. The maximum Gasteiger partial charge on any atom is 0.228 e. The third-order valence-electron chi connectivity index (χ3n) is 3.84. The number of likely N-dealkylation sites (N-methyl/N-ethyl adjacent to an activating group) is 1. The summed E-state index contributed by atoms with van der Waals surface area (Å²) in [6.45, 7) is 1.53. The maximum absolute atomic E-state index is 12.2. The van der Waals surface area contributed by atoms with Gasteiger partial charge in [-0.3, -0.25) is 4.79 Å². The number of amides is 1. The molecule has 2 aromatic rings. The van der Waals surface area contributed by atoms with Crippen molar-refractivity contribution >= 4 is 17.3 Å². The molecule has 1 N–H and O–H groups in total. The van der Waals surface area contributed by atoms with E-state index in [2.05, 4.69) is 10.2 Å². The lowest BCUT2D eigenvalue weighted by Gasteiger charge is -2.28. The zero-order valence-electron chi connectivity index (χ0n) is 13.3. The Labute approximate surface area is 135 Å². The van der Waals surface area contributed by atoms with Gasteiger partial charge in [-0.1, -0.05) is 12.1 Å². The molecule has 0 aromatic heterocycles. The second-order valence-corrected chi connectivity index (χ2v) is 5.53. The minimum Gasteiger partial charge on any atom is -0.497 e. The van der Waals surface area contributed by atoms with E-state index < -0.39 is 0 Å². The van der Waals surface area contributed by atoms with Gasteiger partial charge >= 0.3 is 0 Å². The predicted octanol–water partition coefficient (Wildman–Crippen LogP) is 2.71. The highest BCUT2D eigenvalue weighted by atomic mass is 16.5. The van der Waals surface area contributed by atoms with Crippen LogP contribution in [0.4, 0.5) is 11.4 Å². The first-order chi connectivity index (χ1) is 11.2. The average molecular weight is 312 g/mol. The second kappa shape index (κ2) is 6.60. The van der Waals surface area contributed by atoms with E-state index in [9.17, 15) is 4.79 Å². The Bertz CT molecular complexity index is 715. The molecule has 1 aliphatic rings. The number of fused-ring (bicyclic) bond motifs is 1. The molecule has 0 saturated heterocycles. The minimum absolute atomic E-state index is 0.0578. The minimum atomic E-state index is -0.0578. The first-order valence-electron chi connectivity index (χ1n) is 7.56. The number of nitrogens with zero attached hydrogens (tertiary/aromatic N) is 1. The molecule has 1 amide bonds. The lowest BCUT2D eigenvalue weighted by Crippen LogP contribution is -2.28. The van der Waals surface area contributed by atoms with Gasteiger partial charge < -0.3 is 19.7 Å². The fourth-order valence-electron chi connectivity index (χ4n) is 2.60. The van der Waals surface area contributed by atoms with Gasteiger partial charge in [0, 0.05) is 12.7 Å². The summed E-state index contributed by atoms with van der Waals surface area (Å²) in [5.41, 5.74) is 2.68. The Balaban J connectivity index is 1.69. The van der Waals surface area contributed by atoms with Crippen molar-refractivity contribution in [1.29, 1.82) is 0 Å². The molecule has 0 bridgehead atoms. The summed E-state index contributed by atoms with van der Waals surface area (Å²) in [5.74, 6) is 1.55. The maximum atomic E-state index is 12.2. The van der Waals surface area contributed by atoms with Crippen molar-refractivity contribution in [1.82, 2.24) is 0 Å². The van der Waals surface area contributed by atoms with Crippen LogP contribution in [0.15, 0.2) is 42.5 Å². The van der Waals surface area contributed by atoms with Gasteiger partial charge in [0.05, 0.1) is 25.8 Å². The van der Waals surface area contributed by atoms with E-state index in [4.69, 9.17) is 9.47 Å². The summed E-state index contributed by atoms with van der Waals surface area (Å²) in [6.07, 6.45) is 0.306. The zero-order valence-corrected chi connectivity index (χ0v) is 13.3. The molecule has 0 saturated carbocycles. The summed E-state index contributed by atoms with van der Waals surface area (Å²) in [4.78, 5) is 14.4. The number of nitrogens with one attached hydrogen (secondary N) is 1. The van der Waals surface area contributed by atoms with Gasteiger partial charge in [-0.2, -0.15) is 0 Å². The molecule has 0 spiro atoms. The molecule has 120 valence electrons. The molecule has 3 rings (SSSR count). The summed E-state index contributed by atoms with van der Waals surface area (Å²) < 4.78 is 10.8. The molecule has 0 radical (unpaired) electrons. The largest absolute Gasteiger partial charge is 0.497 e. The summed E-state index contributed by atoms with van der Waals surface area (Å²) >= 11 is 0. The van der Waals surface area contributed by atoms with Crippen LogP contribution in [-0.4, -0.2) is 33.2 Å². The lowest BCUT2D eigenvalue weighted by atomic mass is 10.1. The highest BCUT2D eigenvalue weighted by Crippen LogP contribution is 2.33. The van der Waals surface area contributed by atoms with E-state index in [0.29, 0.717) is 13.0 Å². The van der Waals surface area contributed by atoms with E-state index >= 15 is 0 Å². The molecule has 0 unspecified atom stereocenters.